The first-order chi connectivity index (χ1) is 4.68. The molecule has 0 bridgehead atoms. The van der Waals surface area contributed by atoms with E-state index < -0.39 is 0 Å². The second-order valence-electron chi connectivity index (χ2n) is 3.18. The van der Waals surface area contributed by atoms with Gasteiger partial charge >= 0.3 is 0 Å². The lowest BCUT2D eigenvalue weighted by Crippen LogP contribution is -2.34. The van der Waals surface area contributed by atoms with Gasteiger partial charge in [0.25, 0.3) is 0 Å². The maximum absolute atomic E-state index is 9.13. The number of nitrogens with zero attached hydrogens (tertiary/aromatic N) is 1. The number of aliphatic hydroxyl groups excluding tert-OH is 1. The Hall–Kier alpha value is -0.120. The minimum Gasteiger partial charge on any atom is -0.392 e. The van der Waals surface area contributed by atoms with Crippen LogP contribution in [0.5, 0.6) is 0 Å². The third kappa shape index (κ3) is 2.25. The number of hydrogen-bond donors (Lipinski definition) is 2. The molecule has 1 saturated heterocycles. The molecule has 0 aromatic carbocycles. The Balaban J connectivity index is 2.18. The van der Waals surface area contributed by atoms with E-state index >= 15 is 0 Å². The van der Waals surface area contributed by atoms with E-state index in [2.05, 4.69) is 4.90 Å². The number of rotatable bonds is 2. The van der Waals surface area contributed by atoms with Gasteiger partial charge in [0.05, 0.1) is 6.10 Å². The highest BCUT2D eigenvalue weighted by molar-refractivity contribution is 4.76. The van der Waals surface area contributed by atoms with Crippen molar-refractivity contribution < 1.29 is 5.11 Å². The molecule has 10 heavy (non-hydrogen) atoms. The molecule has 0 aliphatic carbocycles. The normalized spacial score (nSPS) is 30.9. The largest absolute Gasteiger partial charge is 0.392 e. The van der Waals surface area contributed by atoms with Gasteiger partial charge in [-0.25, -0.2) is 0 Å². The highest BCUT2D eigenvalue weighted by Crippen LogP contribution is 2.07. The fourth-order valence-electron chi connectivity index (χ4n) is 1.39. The summed E-state index contributed by atoms with van der Waals surface area (Å²) in [5.41, 5.74) is 5.59. The SMILES string of the molecule is C[C@H](N)CN1CC[C@@H](O)C1. The fraction of sp³-hybridized carbons (Fsp3) is 1.00. The van der Waals surface area contributed by atoms with Gasteiger partial charge in [-0.2, -0.15) is 0 Å². The number of β-amino-alcohol motifs (C(OH)–C–C–N with tert-alkyl or cyclic N) is 1. The van der Waals surface area contributed by atoms with Crippen LogP contribution < -0.4 is 5.73 Å². The number of aliphatic hydroxyl groups is 1. The zero-order valence-corrected chi connectivity index (χ0v) is 6.45. The minimum atomic E-state index is -0.112. The molecule has 3 heteroatoms. The molecule has 60 valence electrons. The van der Waals surface area contributed by atoms with Crippen molar-refractivity contribution in [3.8, 4) is 0 Å². The Labute approximate surface area is 61.8 Å². The maximum atomic E-state index is 9.13. The van der Waals surface area contributed by atoms with Gasteiger partial charge in [-0.15, -0.1) is 0 Å². The zero-order valence-electron chi connectivity index (χ0n) is 6.45. The zero-order chi connectivity index (χ0) is 7.56. The van der Waals surface area contributed by atoms with Gasteiger partial charge in [-0.3, -0.25) is 4.90 Å². The lowest BCUT2D eigenvalue weighted by Gasteiger charge is -2.16. The fourth-order valence-corrected chi connectivity index (χ4v) is 1.39. The van der Waals surface area contributed by atoms with Crippen LogP contribution in [-0.2, 0) is 0 Å². The molecule has 3 nitrogen and oxygen atoms in total. The Morgan fingerprint density at radius 1 is 1.80 bits per heavy atom. The van der Waals surface area contributed by atoms with Crippen molar-refractivity contribution in [3.63, 3.8) is 0 Å². The van der Waals surface area contributed by atoms with Gasteiger partial charge < -0.3 is 10.8 Å². The van der Waals surface area contributed by atoms with Crippen molar-refractivity contribution in [1.29, 1.82) is 0 Å². The van der Waals surface area contributed by atoms with Crippen LogP contribution >= 0.6 is 0 Å². The molecule has 0 saturated carbocycles. The molecule has 0 aromatic heterocycles. The lowest BCUT2D eigenvalue weighted by atomic mass is 10.3. The Morgan fingerprint density at radius 3 is 2.90 bits per heavy atom. The molecule has 1 aliphatic rings. The summed E-state index contributed by atoms with van der Waals surface area (Å²) in [5.74, 6) is 0. The lowest BCUT2D eigenvalue weighted by molar-refractivity contribution is 0.175. The molecule has 0 amide bonds. The maximum Gasteiger partial charge on any atom is 0.0679 e. The summed E-state index contributed by atoms with van der Waals surface area (Å²) in [5, 5.41) is 9.13. The number of likely N-dealkylation sites (tertiary alicyclic amines) is 1. The average molecular weight is 144 g/mol. The van der Waals surface area contributed by atoms with E-state index in [-0.39, 0.29) is 12.1 Å². The standard InChI is InChI=1S/C7H16N2O/c1-6(8)4-9-3-2-7(10)5-9/h6-7,10H,2-5,8H2,1H3/t6-,7+/m0/s1. The third-order valence-electron chi connectivity index (χ3n) is 1.79. The Bertz CT molecular complexity index is 106. The monoisotopic (exact) mass is 144 g/mol. The average Bonchev–Trinajstić information content (AvgIpc) is 2.13. The minimum absolute atomic E-state index is 0.112. The summed E-state index contributed by atoms with van der Waals surface area (Å²) in [6, 6.07) is 0.227. The molecule has 3 N–H and O–H groups in total. The van der Waals surface area contributed by atoms with Crippen LogP contribution in [0.3, 0.4) is 0 Å². The quantitative estimate of drug-likeness (QED) is 0.544. The predicted molar refractivity (Wildman–Crippen MR) is 40.7 cm³/mol. The van der Waals surface area contributed by atoms with Crippen LogP contribution in [0, 0.1) is 0 Å². The van der Waals surface area contributed by atoms with Crippen LogP contribution in [0.2, 0.25) is 0 Å². The first-order valence-electron chi connectivity index (χ1n) is 3.84. The van der Waals surface area contributed by atoms with E-state index in [4.69, 9.17) is 10.8 Å². The van der Waals surface area contributed by atoms with Gasteiger partial charge in [0.2, 0.25) is 0 Å². The van der Waals surface area contributed by atoms with Gasteiger partial charge in [0.1, 0.15) is 0 Å². The van der Waals surface area contributed by atoms with E-state index in [0.717, 1.165) is 26.1 Å². The number of nitrogens with two attached hydrogens (primary N) is 1. The summed E-state index contributed by atoms with van der Waals surface area (Å²) in [7, 11) is 0. The molecule has 0 spiro atoms. The van der Waals surface area contributed by atoms with Crippen LogP contribution in [-0.4, -0.2) is 41.8 Å². The summed E-state index contributed by atoms with van der Waals surface area (Å²) < 4.78 is 0. The highest BCUT2D eigenvalue weighted by atomic mass is 16.3. The molecule has 0 radical (unpaired) electrons. The van der Waals surface area contributed by atoms with Crippen molar-refractivity contribution in [1.82, 2.24) is 4.90 Å². The summed E-state index contributed by atoms with van der Waals surface area (Å²) in [4.78, 5) is 2.20. The second kappa shape index (κ2) is 3.32. The third-order valence-corrected chi connectivity index (χ3v) is 1.79. The van der Waals surface area contributed by atoms with E-state index in [1.165, 1.54) is 0 Å². The van der Waals surface area contributed by atoms with Gasteiger partial charge in [0, 0.05) is 25.7 Å². The molecule has 0 aromatic rings. The number of hydrogen-bond acceptors (Lipinski definition) is 3. The molecule has 1 fully saturated rings. The van der Waals surface area contributed by atoms with E-state index in [9.17, 15) is 0 Å². The summed E-state index contributed by atoms with van der Waals surface area (Å²) in [6.45, 7) is 4.71. The first kappa shape index (κ1) is 7.98. The summed E-state index contributed by atoms with van der Waals surface area (Å²) >= 11 is 0. The van der Waals surface area contributed by atoms with Crippen LogP contribution in [0.15, 0.2) is 0 Å². The predicted octanol–water partition coefficient (Wildman–Crippen LogP) is -0.600. The molecule has 2 atom stereocenters. The van der Waals surface area contributed by atoms with Crippen LogP contribution in [0.4, 0.5) is 0 Å². The highest BCUT2D eigenvalue weighted by Gasteiger charge is 2.19. The van der Waals surface area contributed by atoms with Crippen molar-refractivity contribution in [3.05, 3.63) is 0 Å². The van der Waals surface area contributed by atoms with Crippen LogP contribution in [0.25, 0.3) is 0 Å². The first-order valence-corrected chi connectivity index (χ1v) is 3.84. The second-order valence-corrected chi connectivity index (χ2v) is 3.18. The van der Waals surface area contributed by atoms with Crippen molar-refractivity contribution >= 4 is 0 Å². The van der Waals surface area contributed by atoms with Crippen LogP contribution in [0.1, 0.15) is 13.3 Å². The van der Waals surface area contributed by atoms with Gasteiger partial charge in [0.15, 0.2) is 0 Å². The Kier molecular flexibility index (Phi) is 2.65. The van der Waals surface area contributed by atoms with E-state index in [0.29, 0.717) is 0 Å². The van der Waals surface area contributed by atoms with Crippen molar-refractivity contribution in [2.45, 2.75) is 25.5 Å². The Morgan fingerprint density at radius 2 is 2.50 bits per heavy atom. The van der Waals surface area contributed by atoms with E-state index in [1.54, 1.807) is 0 Å². The molecule has 1 aliphatic heterocycles. The van der Waals surface area contributed by atoms with Crippen molar-refractivity contribution in [2.24, 2.45) is 5.73 Å². The van der Waals surface area contributed by atoms with E-state index in [1.807, 2.05) is 6.92 Å². The molecule has 1 rings (SSSR count). The molecular formula is C7H16N2O. The topological polar surface area (TPSA) is 49.5 Å². The van der Waals surface area contributed by atoms with Gasteiger partial charge in [-0.05, 0) is 13.3 Å². The molecular weight excluding hydrogens is 128 g/mol. The smallest absolute Gasteiger partial charge is 0.0679 e. The summed E-state index contributed by atoms with van der Waals surface area (Å²) in [6.07, 6.45) is 0.797. The van der Waals surface area contributed by atoms with Crippen molar-refractivity contribution in [2.75, 3.05) is 19.6 Å². The molecule has 1 heterocycles. The van der Waals surface area contributed by atoms with Gasteiger partial charge in [-0.1, -0.05) is 0 Å². The molecule has 0 unspecified atom stereocenters.